The molecule has 0 aliphatic rings. The molecule has 0 rings (SSSR count). The van der Waals surface area contributed by atoms with E-state index in [1.54, 1.807) is 13.0 Å². The lowest BCUT2D eigenvalue weighted by molar-refractivity contribution is 0.0891. The van der Waals surface area contributed by atoms with E-state index in [4.69, 9.17) is 5.14 Å². The molecule has 0 aromatic rings. The molecule has 0 aromatic carbocycles. The Morgan fingerprint density at radius 1 is 1.89 bits per heavy atom. The molecular weight excluding hydrogens is 134 g/mol. The summed E-state index contributed by atoms with van der Waals surface area (Å²) in [5.74, 6) is 0.555. The van der Waals surface area contributed by atoms with Gasteiger partial charge in [-0.05, 0) is 13.3 Å². The summed E-state index contributed by atoms with van der Waals surface area (Å²) in [4.78, 5) is 0. The Balaban J connectivity index is 3.55. The Bertz CT molecular complexity index is 93.1. The number of hydrogen-bond acceptors (Lipinski definition) is 3. The van der Waals surface area contributed by atoms with Crippen LogP contribution in [0.15, 0.2) is 12.7 Å². The zero-order valence-corrected chi connectivity index (χ0v) is 6.45. The second-order valence-corrected chi connectivity index (χ2v) is 2.92. The Morgan fingerprint density at radius 2 is 2.44 bits per heavy atom. The molecule has 3 N–H and O–H groups in total. The van der Waals surface area contributed by atoms with Gasteiger partial charge in [0.1, 0.15) is 0 Å². The quantitative estimate of drug-likeness (QED) is 0.459. The highest BCUT2D eigenvalue weighted by Gasteiger charge is 2.16. The lowest BCUT2D eigenvalue weighted by Gasteiger charge is -2.18. The molecule has 0 aliphatic heterocycles. The fraction of sp³-hybridized carbons (Fsp3) is 0.667. The molecule has 0 saturated heterocycles. The average molecular weight is 147 g/mol. The Morgan fingerprint density at radius 3 is 2.78 bits per heavy atom. The molecule has 54 valence electrons. The van der Waals surface area contributed by atoms with Crippen LogP contribution in [-0.4, -0.2) is 16.5 Å². The van der Waals surface area contributed by atoms with Gasteiger partial charge in [0.15, 0.2) is 0 Å². The summed E-state index contributed by atoms with van der Waals surface area (Å²) in [6, 6.07) is 0. The van der Waals surface area contributed by atoms with Crippen molar-refractivity contribution in [2.45, 2.75) is 18.9 Å². The van der Waals surface area contributed by atoms with E-state index in [0.717, 1.165) is 11.9 Å². The van der Waals surface area contributed by atoms with Crippen LogP contribution in [0.5, 0.6) is 0 Å². The fourth-order valence-corrected chi connectivity index (χ4v) is 1.03. The Hall–Kier alpha value is 0.01000. The Kier molecular flexibility index (Phi) is 3.93. The maximum absolute atomic E-state index is 9.34. The molecule has 0 saturated carbocycles. The molecular formula is C6H13NOS. The molecule has 0 heterocycles. The predicted octanol–water partition coefficient (Wildman–Crippen LogP) is 0.920. The van der Waals surface area contributed by atoms with Crippen LogP contribution in [0.25, 0.3) is 0 Å². The molecule has 0 aliphatic carbocycles. The van der Waals surface area contributed by atoms with Crippen molar-refractivity contribution in [2.75, 3.05) is 5.75 Å². The maximum atomic E-state index is 9.34. The first-order valence-corrected chi connectivity index (χ1v) is 3.82. The molecule has 9 heavy (non-hydrogen) atoms. The lowest BCUT2D eigenvalue weighted by atomic mass is 10.1. The number of aliphatic hydroxyl groups is 1. The SMILES string of the molecule is C=CCC(C)(O)CSN. The van der Waals surface area contributed by atoms with Gasteiger partial charge in [0, 0.05) is 5.75 Å². The molecule has 0 amide bonds. The normalized spacial score (nSPS) is 16.8. The molecule has 1 atom stereocenters. The van der Waals surface area contributed by atoms with E-state index in [9.17, 15) is 5.11 Å². The van der Waals surface area contributed by atoms with Gasteiger partial charge in [0.25, 0.3) is 0 Å². The predicted molar refractivity (Wildman–Crippen MR) is 42.1 cm³/mol. The second kappa shape index (κ2) is 3.93. The average Bonchev–Trinajstić information content (AvgIpc) is 1.64. The smallest absolute Gasteiger partial charge is 0.0756 e. The van der Waals surface area contributed by atoms with Gasteiger partial charge in [-0.1, -0.05) is 18.0 Å². The van der Waals surface area contributed by atoms with Crippen LogP contribution in [0.1, 0.15) is 13.3 Å². The zero-order valence-electron chi connectivity index (χ0n) is 5.63. The van der Waals surface area contributed by atoms with Crippen molar-refractivity contribution in [1.29, 1.82) is 0 Å². The molecule has 3 heteroatoms. The van der Waals surface area contributed by atoms with Gasteiger partial charge in [-0.25, -0.2) is 0 Å². The molecule has 2 nitrogen and oxygen atoms in total. The van der Waals surface area contributed by atoms with Crippen molar-refractivity contribution in [2.24, 2.45) is 5.14 Å². The van der Waals surface area contributed by atoms with E-state index in [-0.39, 0.29) is 0 Å². The minimum atomic E-state index is -0.679. The highest BCUT2D eigenvalue weighted by molar-refractivity contribution is 7.97. The van der Waals surface area contributed by atoms with E-state index in [0.29, 0.717) is 12.2 Å². The third-order valence-corrected chi connectivity index (χ3v) is 1.77. The van der Waals surface area contributed by atoms with Gasteiger partial charge in [0.05, 0.1) is 5.60 Å². The first-order chi connectivity index (χ1) is 4.12. The topological polar surface area (TPSA) is 46.2 Å². The minimum Gasteiger partial charge on any atom is -0.389 e. The highest BCUT2D eigenvalue weighted by atomic mass is 32.2. The third kappa shape index (κ3) is 4.51. The number of rotatable bonds is 4. The summed E-state index contributed by atoms with van der Waals surface area (Å²) in [5, 5.41) is 14.5. The largest absolute Gasteiger partial charge is 0.389 e. The lowest BCUT2D eigenvalue weighted by Crippen LogP contribution is -2.26. The molecule has 0 radical (unpaired) electrons. The summed E-state index contributed by atoms with van der Waals surface area (Å²) in [7, 11) is 0. The van der Waals surface area contributed by atoms with Crippen LogP contribution >= 0.6 is 11.9 Å². The zero-order chi connectivity index (χ0) is 7.33. The molecule has 0 aromatic heterocycles. The minimum absolute atomic E-state index is 0.555. The molecule has 0 fully saturated rings. The number of nitrogens with two attached hydrogens (primary N) is 1. The standard InChI is InChI=1S/C6H13NOS/c1-3-4-6(2,8)5-9-7/h3,8H,1,4-5,7H2,2H3. The maximum Gasteiger partial charge on any atom is 0.0756 e. The molecule has 0 spiro atoms. The second-order valence-electron chi connectivity index (χ2n) is 2.30. The van der Waals surface area contributed by atoms with Crippen molar-refractivity contribution in [3.63, 3.8) is 0 Å². The summed E-state index contributed by atoms with van der Waals surface area (Å²) < 4.78 is 0. The van der Waals surface area contributed by atoms with E-state index in [1.807, 2.05) is 0 Å². The number of hydrogen-bond donors (Lipinski definition) is 2. The molecule has 0 bridgehead atoms. The van der Waals surface area contributed by atoms with Crippen LogP contribution in [0.4, 0.5) is 0 Å². The molecule has 1 unspecified atom stereocenters. The van der Waals surface area contributed by atoms with Crippen molar-refractivity contribution in [1.82, 2.24) is 0 Å². The van der Waals surface area contributed by atoms with Crippen LogP contribution < -0.4 is 5.14 Å². The monoisotopic (exact) mass is 147 g/mol. The Labute approximate surface area is 60.3 Å². The first kappa shape index (κ1) is 9.01. The fourth-order valence-electron chi connectivity index (χ4n) is 0.549. The van der Waals surface area contributed by atoms with Gasteiger partial charge in [-0.15, -0.1) is 6.58 Å². The van der Waals surface area contributed by atoms with Crippen LogP contribution in [-0.2, 0) is 0 Å². The van der Waals surface area contributed by atoms with E-state index in [1.165, 1.54) is 0 Å². The van der Waals surface area contributed by atoms with Gasteiger partial charge < -0.3 is 5.11 Å². The summed E-state index contributed by atoms with van der Waals surface area (Å²) in [6.07, 6.45) is 2.29. The van der Waals surface area contributed by atoms with Crippen LogP contribution in [0.2, 0.25) is 0 Å². The summed E-state index contributed by atoms with van der Waals surface area (Å²) in [6.45, 7) is 5.26. The summed E-state index contributed by atoms with van der Waals surface area (Å²) >= 11 is 1.15. The van der Waals surface area contributed by atoms with E-state index in [2.05, 4.69) is 6.58 Å². The van der Waals surface area contributed by atoms with Gasteiger partial charge in [0.2, 0.25) is 0 Å². The first-order valence-electron chi connectivity index (χ1n) is 2.77. The van der Waals surface area contributed by atoms with Gasteiger partial charge in [-0.3, -0.25) is 5.14 Å². The highest BCUT2D eigenvalue weighted by Crippen LogP contribution is 2.12. The third-order valence-electron chi connectivity index (χ3n) is 0.978. The van der Waals surface area contributed by atoms with E-state index >= 15 is 0 Å². The summed E-state index contributed by atoms with van der Waals surface area (Å²) in [5.41, 5.74) is -0.679. The van der Waals surface area contributed by atoms with E-state index < -0.39 is 5.60 Å². The van der Waals surface area contributed by atoms with Crippen molar-refractivity contribution in [3.8, 4) is 0 Å². The van der Waals surface area contributed by atoms with Crippen molar-refractivity contribution < 1.29 is 5.11 Å². The van der Waals surface area contributed by atoms with Crippen molar-refractivity contribution in [3.05, 3.63) is 12.7 Å². The van der Waals surface area contributed by atoms with Gasteiger partial charge >= 0.3 is 0 Å². The van der Waals surface area contributed by atoms with Crippen LogP contribution in [0, 0.1) is 0 Å². The van der Waals surface area contributed by atoms with Gasteiger partial charge in [-0.2, -0.15) is 0 Å². The van der Waals surface area contributed by atoms with Crippen molar-refractivity contribution >= 4 is 11.9 Å². The van der Waals surface area contributed by atoms with Crippen LogP contribution in [0.3, 0.4) is 0 Å².